The number of aliphatic hydroxyl groups excluding tert-OH is 2. The number of amides is 1. The zero-order chi connectivity index (χ0) is 41.9. The first-order valence-corrected chi connectivity index (χ1v) is 22.1. The van der Waals surface area contributed by atoms with Gasteiger partial charge in [0.1, 0.15) is 32.4 Å². The van der Waals surface area contributed by atoms with E-state index in [1.54, 1.807) is 11.3 Å². The number of aliphatic hydroxyl groups is 2. The summed E-state index contributed by atoms with van der Waals surface area (Å²) in [6, 6.07) is 12.2. The smallest absolute Gasteiger partial charge is 0.387 e. The quantitative estimate of drug-likeness (QED) is 0.0426. The zero-order valence-corrected chi connectivity index (χ0v) is 33.8. The molecule has 1 saturated heterocycles. The molecule has 57 heavy (non-hydrogen) atoms. The Balaban J connectivity index is 1.12. The molecule has 0 saturated carbocycles. The van der Waals surface area contributed by atoms with Gasteiger partial charge in [0.05, 0.1) is 33.0 Å². The fraction of sp³-hybridized carbons (Fsp3) is 0.387. The van der Waals surface area contributed by atoms with Crippen LogP contribution in [0.1, 0.15) is 24.6 Å². The van der Waals surface area contributed by atoms with Crippen molar-refractivity contribution in [2.24, 2.45) is 0 Å². The molecule has 2 aromatic rings. The van der Waals surface area contributed by atoms with Crippen LogP contribution in [0, 0.1) is 0 Å². The molecular weight excluding hydrogens is 837 g/mol. The Morgan fingerprint density at radius 1 is 1.07 bits per heavy atom. The van der Waals surface area contributed by atoms with Gasteiger partial charge in [0, 0.05) is 50.6 Å². The first-order valence-electron chi connectivity index (χ1n) is 16.8. The molecule has 22 nitrogen and oxygen atoms in total. The Bertz CT molecular complexity index is 2460. The van der Waals surface area contributed by atoms with Gasteiger partial charge in [-0.3, -0.25) is 23.7 Å². The van der Waals surface area contributed by atoms with Crippen LogP contribution in [0.5, 0.6) is 0 Å². The van der Waals surface area contributed by atoms with Crippen molar-refractivity contribution >= 4 is 62.7 Å². The summed E-state index contributed by atoms with van der Waals surface area (Å²) in [4.78, 5) is 83.8. The topological polar surface area (TPSA) is 313 Å². The summed E-state index contributed by atoms with van der Waals surface area (Å²) >= 11 is 1.66. The molecule has 3 aliphatic rings. The summed E-state index contributed by atoms with van der Waals surface area (Å²) in [6.45, 7) is -0.512. The SMILES string of the molecule is CN(CCCC(=O)NC/C=C/c1cn([C@@H]2O[C@H](COP(=O)(O)OP(=O)(O)OP(=O)(O)O)[C@@H](O)[C@H]2O)c(=O)[nH]c1=O)c1ccc2nc3ccc(=[N+](C)C)cc-3sc2c1. The number of aromatic nitrogens is 3. The molecule has 1 fully saturated rings. The molecule has 1 aromatic carbocycles. The molecule has 0 radical (unpaired) electrons. The van der Waals surface area contributed by atoms with Crippen molar-refractivity contribution in [1.29, 1.82) is 0 Å². The number of nitrogens with zero attached hydrogens (tertiary/aromatic N) is 4. The van der Waals surface area contributed by atoms with Crippen LogP contribution < -0.4 is 31.4 Å². The number of nitrogens with one attached hydrogen (secondary N) is 2. The Labute approximate surface area is 326 Å². The number of anilines is 1. The summed E-state index contributed by atoms with van der Waals surface area (Å²) < 4.78 is 55.2. The maximum Gasteiger partial charge on any atom is 0.490 e. The molecule has 1 amide bonds. The van der Waals surface area contributed by atoms with Gasteiger partial charge in [-0.25, -0.2) is 28.0 Å². The van der Waals surface area contributed by atoms with Crippen LogP contribution in [0.2, 0.25) is 0 Å². The molecule has 6 atom stereocenters. The van der Waals surface area contributed by atoms with Gasteiger partial charge < -0.3 is 44.7 Å². The second kappa shape index (κ2) is 18.0. The van der Waals surface area contributed by atoms with Crippen LogP contribution in [-0.2, 0) is 36.4 Å². The van der Waals surface area contributed by atoms with Crippen molar-refractivity contribution in [2.45, 2.75) is 37.4 Å². The Morgan fingerprint density at radius 2 is 1.81 bits per heavy atom. The first kappa shape index (κ1) is 44.3. The number of phosphoric ester groups is 1. The Kier molecular flexibility index (Phi) is 14.0. The van der Waals surface area contributed by atoms with Crippen LogP contribution in [0.25, 0.3) is 26.9 Å². The van der Waals surface area contributed by atoms with E-state index in [9.17, 15) is 48.1 Å². The van der Waals surface area contributed by atoms with Crippen molar-refractivity contribution in [3.63, 3.8) is 0 Å². The van der Waals surface area contributed by atoms with Gasteiger partial charge in [0.2, 0.25) is 11.3 Å². The highest BCUT2D eigenvalue weighted by Gasteiger charge is 2.47. The minimum absolute atomic E-state index is 0.0136. The highest BCUT2D eigenvalue weighted by molar-refractivity contribution is 7.66. The summed E-state index contributed by atoms with van der Waals surface area (Å²) in [5, 5.41) is 24.7. The monoisotopic (exact) mass is 877 g/mol. The third kappa shape index (κ3) is 11.9. The van der Waals surface area contributed by atoms with E-state index in [1.807, 2.05) is 59.9 Å². The maximum absolute atomic E-state index is 12.6. The van der Waals surface area contributed by atoms with Crippen LogP contribution >= 0.6 is 34.8 Å². The molecule has 2 unspecified atom stereocenters. The van der Waals surface area contributed by atoms with E-state index in [0.717, 1.165) is 38.0 Å². The second-order valence-corrected chi connectivity index (χ2v) is 18.3. The van der Waals surface area contributed by atoms with E-state index >= 15 is 0 Å². The van der Waals surface area contributed by atoms with Crippen LogP contribution in [0.4, 0.5) is 5.69 Å². The number of fused-ring (bicyclic) bond motifs is 2. The van der Waals surface area contributed by atoms with E-state index in [0.29, 0.717) is 17.5 Å². The van der Waals surface area contributed by atoms with Crippen molar-refractivity contribution in [3.8, 4) is 10.6 Å². The lowest BCUT2D eigenvalue weighted by Crippen LogP contribution is -2.38. The highest BCUT2D eigenvalue weighted by Crippen LogP contribution is 2.66. The minimum Gasteiger partial charge on any atom is -0.387 e. The highest BCUT2D eigenvalue weighted by atomic mass is 32.1. The minimum atomic E-state index is -5.82. The lowest BCUT2D eigenvalue weighted by Gasteiger charge is -2.19. The molecule has 310 valence electrons. The number of aromatic amines is 1. The fourth-order valence-corrected chi connectivity index (χ4v) is 9.61. The predicted molar refractivity (Wildman–Crippen MR) is 205 cm³/mol. The number of carbonyl (C=O) groups is 1. The average Bonchev–Trinajstić information content (AvgIpc) is 3.39. The third-order valence-corrected chi connectivity index (χ3v) is 13.2. The molecular formula is C31H40N6O16P3S+. The van der Waals surface area contributed by atoms with E-state index in [-0.39, 0.29) is 24.4 Å². The Hall–Kier alpha value is -3.76. The number of carbonyl (C=O) groups excluding carboxylic acids is 1. The third-order valence-electron chi connectivity index (χ3n) is 8.34. The van der Waals surface area contributed by atoms with Gasteiger partial charge in [0.15, 0.2) is 6.23 Å². The van der Waals surface area contributed by atoms with Gasteiger partial charge in [-0.05, 0) is 30.7 Å². The summed E-state index contributed by atoms with van der Waals surface area (Å²) in [7, 11) is -11.1. The number of H-pyrrole nitrogens is 1. The largest absolute Gasteiger partial charge is 0.490 e. The first-order chi connectivity index (χ1) is 26.6. The van der Waals surface area contributed by atoms with Crippen molar-refractivity contribution < 1.29 is 66.2 Å². The standard InChI is InChI=1S/C31H39N6O16P3S/c1-35(2)19-8-10-21-24(14-19)57-25-15-20(9-11-22(25)33-21)36(3)13-5-7-26(38)32-12-4-6-18-16-37(31(42)34-29(18)41)30-28(40)27(39)23(51-30)17-50-55(46,47)53-56(48,49)52-54(43,44)45/h4,6,8-11,14-16,23,27-28,30,39-40H,5,7,12-13,17H2,1-3H3,(H5-,32,34,38,41,42,43,44,45,46,47,48,49)/p+1/b6-4+/t23-,27-,28-,30-/m1/s1. The number of rotatable bonds is 16. The zero-order valence-electron chi connectivity index (χ0n) is 30.3. The van der Waals surface area contributed by atoms with Crippen LogP contribution in [0.15, 0.2) is 58.3 Å². The lowest BCUT2D eigenvalue weighted by molar-refractivity contribution is -0.120. The van der Waals surface area contributed by atoms with Gasteiger partial charge in [-0.1, -0.05) is 12.2 Å². The van der Waals surface area contributed by atoms with E-state index in [2.05, 4.69) is 30.6 Å². The maximum atomic E-state index is 12.6. The number of hydrogen-bond donors (Lipinski definition) is 8. The number of phosphoric acid groups is 3. The van der Waals surface area contributed by atoms with Gasteiger partial charge in [0.25, 0.3) is 5.56 Å². The second-order valence-electron chi connectivity index (χ2n) is 12.8. The van der Waals surface area contributed by atoms with Gasteiger partial charge in [-0.2, -0.15) is 8.62 Å². The van der Waals surface area contributed by atoms with Gasteiger partial charge >= 0.3 is 29.2 Å². The van der Waals surface area contributed by atoms with Crippen molar-refractivity contribution in [2.75, 3.05) is 45.7 Å². The fourth-order valence-electron chi connectivity index (χ4n) is 5.55. The number of ether oxygens (including phenoxy) is 1. The number of hydrogen-bond acceptors (Lipinski definition) is 15. The molecule has 2 aliphatic heterocycles. The predicted octanol–water partition coefficient (Wildman–Crippen LogP) is 0.291. The molecule has 0 bridgehead atoms. The summed E-state index contributed by atoms with van der Waals surface area (Å²) in [5.41, 5.74) is 0.754. The van der Waals surface area contributed by atoms with Gasteiger partial charge in [-0.15, -0.1) is 11.3 Å². The summed E-state index contributed by atoms with van der Waals surface area (Å²) in [6.07, 6.45) is -2.67. The normalized spacial score (nSPS) is 20.8. The van der Waals surface area contributed by atoms with Crippen molar-refractivity contribution in [3.05, 3.63) is 80.4 Å². The molecule has 3 heterocycles. The molecule has 8 N–H and O–H groups in total. The summed E-state index contributed by atoms with van der Waals surface area (Å²) in [5.74, 6) is -0.251. The molecule has 1 aliphatic carbocycles. The van der Waals surface area contributed by atoms with E-state index in [1.165, 1.54) is 12.2 Å². The molecule has 0 spiro atoms. The van der Waals surface area contributed by atoms with Crippen molar-refractivity contribution in [1.82, 2.24) is 24.4 Å². The molecule has 5 rings (SSSR count). The Morgan fingerprint density at radius 3 is 2.51 bits per heavy atom. The van der Waals surface area contributed by atoms with E-state index in [4.69, 9.17) is 19.5 Å². The van der Waals surface area contributed by atoms with Crippen LogP contribution in [0.3, 0.4) is 0 Å². The van der Waals surface area contributed by atoms with Crippen LogP contribution in [-0.4, -0.2) is 109 Å². The van der Waals surface area contributed by atoms with E-state index < -0.39 is 65.9 Å². The number of benzene rings is 2. The molecule has 1 aromatic heterocycles. The average molecular weight is 878 g/mol. The molecule has 26 heteroatoms. The lowest BCUT2D eigenvalue weighted by atomic mass is 10.1.